The first-order chi connectivity index (χ1) is 18.4. The molecule has 2 fully saturated rings. The molecule has 1 amide bonds. The average molecular weight is 559 g/mol. The summed E-state index contributed by atoms with van der Waals surface area (Å²) in [4.78, 5) is 15.2. The van der Waals surface area contributed by atoms with Crippen molar-refractivity contribution in [2.75, 3.05) is 24.7 Å². The molecule has 2 aliphatic rings. The minimum Gasteiger partial charge on any atom is -0.487 e. The van der Waals surface area contributed by atoms with Gasteiger partial charge in [0.25, 0.3) is 5.91 Å². The Labute approximate surface area is 228 Å². The number of ether oxygens (including phenoxy) is 2. The first-order valence-corrected chi connectivity index (χ1v) is 14.7. The van der Waals surface area contributed by atoms with Gasteiger partial charge in [-0.25, -0.2) is 22.0 Å². The first-order valence-electron chi connectivity index (χ1n) is 13.2. The van der Waals surface area contributed by atoms with Crippen LogP contribution in [0.15, 0.2) is 42.7 Å². The number of halogens is 1. The van der Waals surface area contributed by atoms with Crippen LogP contribution >= 0.6 is 0 Å². The Morgan fingerprint density at radius 2 is 1.95 bits per heavy atom. The highest BCUT2D eigenvalue weighted by atomic mass is 32.2. The van der Waals surface area contributed by atoms with Crippen molar-refractivity contribution in [3.05, 3.63) is 59.7 Å². The molecule has 1 aromatic carbocycles. The summed E-state index contributed by atoms with van der Waals surface area (Å²) in [5, 5.41) is 4.24. The van der Waals surface area contributed by atoms with E-state index in [-0.39, 0.29) is 23.0 Å². The lowest BCUT2D eigenvalue weighted by atomic mass is 9.95. The molecule has 0 spiro atoms. The van der Waals surface area contributed by atoms with Gasteiger partial charge >= 0.3 is 0 Å². The highest BCUT2D eigenvalue weighted by Crippen LogP contribution is 2.42. The second-order valence-electron chi connectivity index (χ2n) is 11.5. The lowest BCUT2D eigenvalue weighted by molar-refractivity contribution is -0.0349. The summed E-state index contributed by atoms with van der Waals surface area (Å²) in [5.41, 5.74) is 1.85. The first kappa shape index (κ1) is 27.4. The maximum atomic E-state index is 14.5. The van der Waals surface area contributed by atoms with Crippen molar-refractivity contribution in [2.45, 2.75) is 69.8 Å². The molecule has 1 atom stereocenters. The molecule has 2 aliphatic heterocycles. The average Bonchev–Trinajstić information content (AvgIpc) is 3.51. The third-order valence-corrected chi connectivity index (χ3v) is 9.67. The number of hydrogen-bond donors (Lipinski definition) is 1. The van der Waals surface area contributed by atoms with E-state index in [1.165, 1.54) is 37.5 Å². The molecule has 0 bridgehead atoms. The van der Waals surface area contributed by atoms with Gasteiger partial charge in [-0.1, -0.05) is 0 Å². The van der Waals surface area contributed by atoms with Crippen molar-refractivity contribution in [2.24, 2.45) is 0 Å². The molecular weight excluding hydrogens is 523 g/mol. The van der Waals surface area contributed by atoms with Gasteiger partial charge in [0.2, 0.25) is 10.0 Å². The second-order valence-corrected chi connectivity index (χ2v) is 14.0. The fourth-order valence-corrected chi connectivity index (χ4v) is 5.76. The Bertz CT molecular complexity index is 1490. The van der Waals surface area contributed by atoms with Gasteiger partial charge in [0, 0.05) is 36.8 Å². The zero-order valence-electron chi connectivity index (χ0n) is 22.7. The van der Waals surface area contributed by atoms with E-state index in [0.29, 0.717) is 24.5 Å². The van der Waals surface area contributed by atoms with Crippen molar-refractivity contribution in [3.63, 3.8) is 0 Å². The molecule has 3 aromatic rings. The van der Waals surface area contributed by atoms with E-state index in [4.69, 9.17) is 9.47 Å². The molecule has 210 valence electrons. The number of nitrogens with zero attached hydrogens (tertiary/aromatic N) is 3. The quantitative estimate of drug-likeness (QED) is 0.471. The van der Waals surface area contributed by atoms with Crippen LogP contribution in [0.1, 0.15) is 75.3 Å². The number of carbonyl (C=O) groups is 1. The number of hydrogen-bond acceptors (Lipinski definition) is 7. The highest BCUT2D eigenvalue weighted by Gasteiger charge is 2.35. The van der Waals surface area contributed by atoms with Gasteiger partial charge in [0.05, 0.1) is 41.3 Å². The maximum absolute atomic E-state index is 14.5. The van der Waals surface area contributed by atoms with Crippen LogP contribution in [0.3, 0.4) is 0 Å². The summed E-state index contributed by atoms with van der Waals surface area (Å²) in [6.07, 6.45) is 6.31. The summed E-state index contributed by atoms with van der Waals surface area (Å²) in [5.74, 6) is -0.400. The maximum Gasteiger partial charge on any atom is 0.268 e. The van der Waals surface area contributed by atoms with Gasteiger partial charge in [-0.2, -0.15) is 5.10 Å². The van der Waals surface area contributed by atoms with Crippen LogP contribution in [0.25, 0.3) is 5.52 Å². The van der Waals surface area contributed by atoms with Crippen molar-refractivity contribution in [1.82, 2.24) is 14.3 Å². The van der Waals surface area contributed by atoms with E-state index in [2.05, 4.69) is 21.6 Å². The van der Waals surface area contributed by atoms with Crippen molar-refractivity contribution in [1.29, 1.82) is 0 Å². The Morgan fingerprint density at radius 1 is 1.21 bits per heavy atom. The third kappa shape index (κ3) is 5.47. The van der Waals surface area contributed by atoms with Gasteiger partial charge in [0.1, 0.15) is 17.2 Å². The zero-order chi connectivity index (χ0) is 28.0. The molecule has 5 rings (SSSR count). The largest absolute Gasteiger partial charge is 0.487 e. The summed E-state index contributed by atoms with van der Waals surface area (Å²) < 4.78 is 54.3. The summed E-state index contributed by atoms with van der Waals surface area (Å²) in [6.45, 7) is 8.62. The SMILES string of the molecule is CC1(Oc2ccc(F)cc2C2CCCN2c2ccn3ncc(C(=O)NS(=O)(=O)C(C)(C)C)c3c2)CCOCC1. The fourth-order valence-electron chi connectivity index (χ4n) is 5.10. The standard InChI is InChI=1S/C28H35FN4O5S/c1-27(2,3)39(35,36)31-26(34)22-18-30-33-13-9-20(17-24(22)33)32-12-5-6-23(32)21-16-19(29)7-8-25(21)38-28(4)10-14-37-15-11-28/h7-9,13,16-18,23H,5-6,10-12,14-15H2,1-4H3,(H,31,34). The third-order valence-electron chi connectivity index (χ3n) is 7.61. The van der Waals surface area contributed by atoms with E-state index in [0.717, 1.165) is 43.5 Å². The van der Waals surface area contributed by atoms with Crippen LogP contribution < -0.4 is 14.4 Å². The predicted octanol–water partition coefficient (Wildman–Crippen LogP) is 4.62. The Hall–Kier alpha value is -3.18. The van der Waals surface area contributed by atoms with Gasteiger partial charge in [0.15, 0.2) is 0 Å². The minimum absolute atomic E-state index is 0.136. The van der Waals surface area contributed by atoms with Crippen LogP contribution in [0.4, 0.5) is 10.1 Å². The molecule has 1 N–H and O–H groups in total. The molecule has 9 nitrogen and oxygen atoms in total. The monoisotopic (exact) mass is 558 g/mol. The van der Waals surface area contributed by atoms with E-state index >= 15 is 0 Å². The number of aromatic nitrogens is 2. The zero-order valence-corrected chi connectivity index (χ0v) is 23.6. The number of nitrogens with one attached hydrogen (secondary N) is 1. The number of carbonyl (C=O) groups excluding carboxylic acids is 1. The smallest absolute Gasteiger partial charge is 0.268 e. The molecular formula is C28H35FN4O5S. The molecule has 0 radical (unpaired) electrons. The number of sulfonamides is 1. The lowest BCUT2D eigenvalue weighted by Gasteiger charge is -2.36. The molecule has 0 aliphatic carbocycles. The van der Waals surface area contributed by atoms with E-state index in [9.17, 15) is 17.6 Å². The van der Waals surface area contributed by atoms with Crippen molar-refractivity contribution < 1.29 is 27.1 Å². The van der Waals surface area contributed by atoms with Crippen LogP contribution in [-0.4, -0.2) is 54.0 Å². The Morgan fingerprint density at radius 3 is 2.67 bits per heavy atom. The van der Waals surface area contributed by atoms with E-state index in [1.54, 1.807) is 18.3 Å². The van der Waals surface area contributed by atoms with Crippen LogP contribution in [0.5, 0.6) is 5.75 Å². The Kier molecular flexibility index (Phi) is 7.09. The topological polar surface area (TPSA) is 102 Å². The number of amides is 1. The predicted molar refractivity (Wildman–Crippen MR) is 146 cm³/mol. The molecule has 1 unspecified atom stereocenters. The molecule has 11 heteroatoms. The fraction of sp³-hybridized carbons (Fsp3) is 0.500. The number of fused-ring (bicyclic) bond motifs is 1. The Balaban J connectivity index is 1.47. The molecule has 0 saturated carbocycles. The second kappa shape index (κ2) is 10.1. The number of rotatable bonds is 6. The summed E-state index contributed by atoms with van der Waals surface area (Å²) in [6, 6.07) is 8.27. The van der Waals surface area contributed by atoms with Crippen molar-refractivity contribution in [3.8, 4) is 5.75 Å². The van der Waals surface area contributed by atoms with Gasteiger partial charge in [-0.15, -0.1) is 0 Å². The summed E-state index contributed by atoms with van der Waals surface area (Å²) >= 11 is 0. The molecule has 2 saturated heterocycles. The highest BCUT2D eigenvalue weighted by molar-refractivity contribution is 7.91. The molecule has 2 aromatic heterocycles. The van der Waals surface area contributed by atoms with Crippen LogP contribution in [0, 0.1) is 5.82 Å². The number of benzene rings is 1. The van der Waals surface area contributed by atoms with Crippen LogP contribution in [0.2, 0.25) is 0 Å². The van der Waals surface area contributed by atoms with Crippen LogP contribution in [-0.2, 0) is 14.8 Å². The number of pyridine rings is 1. The van der Waals surface area contributed by atoms with E-state index < -0.39 is 20.7 Å². The number of anilines is 1. The summed E-state index contributed by atoms with van der Waals surface area (Å²) in [7, 11) is -3.89. The van der Waals surface area contributed by atoms with Gasteiger partial charge in [-0.3, -0.25) is 4.79 Å². The molecule has 4 heterocycles. The molecule has 39 heavy (non-hydrogen) atoms. The van der Waals surface area contributed by atoms with Crippen molar-refractivity contribution >= 4 is 27.1 Å². The normalized spacial score (nSPS) is 19.8. The minimum atomic E-state index is -3.89. The van der Waals surface area contributed by atoms with E-state index in [1.807, 2.05) is 12.1 Å². The van der Waals surface area contributed by atoms with Gasteiger partial charge < -0.3 is 14.4 Å². The van der Waals surface area contributed by atoms with Gasteiger partial charge in [-0.05, 0) is 70.9 Å². The lowest BCUT2D eigenvalue weighted by Crippen LogP contribution is -2.42.